The molecule has 0 saturated carbocycles. The molecule has 0 saturated heterocycles. The molecule has 3 aromatic carbocycles. The van der Waals surface area contributed by atoms with Crippen molar-refractivity contribution in [1.29, 1.82) is 0 Å². The molecule has 1 heterocycles. The third-order valence-electron chi connectivity index (χ3n) is 4.84. The fourth-order valence-corrected chi connectivity index (χ4v) is 3.63. The van der Waals surface area contributed by atoms with Gasteiger partial charge < -0.3 is 9.84 Å². The lowest BCUT2D eigenvalue weighted by Crippen LogP contribution is -2.36. The molecule has 2 heteroatoms. The van der Waals surface area contributed by atoms with Crippen molar-refractivity contribution in [2.75, 3.05) is 0 Å². The second-order valence-corrected chi connectivity index (χ2v) is 6.39. The van der Waals surface area contributed by atoms with E-state index in [9.17, 15) is 5.11 Å². The Labute approximate surface area is 142 Å². The molecule has 1 N–H and O–H groups in total. The van der Waals surface area contributed by atoms with Crippen molar-refractivity contribution in [3.63, 3.8) is 0 Å². The molecular formula is C22H20O2. The molecule has 2 atom stereocenters. The molecule has 0 aromatic heterocycles. The van der Waals surface area contributed by atoms with Crippen molar-refractivity contribution < 1.29 is 9.84 Å². The van der Waals surface area contributed by atoms with Gasteiger partial charge in [-0.3, -0.25) is 0 Å². The summed E-state index contributed by atoms with van der Waals surface area (Å²) in [6.07, 6.45) is 0.324. The predicted octanol–water partition coefficient (Wildman–Crippen LogP) is 4.75. The van der Waals surface area contributed by atoms with Crippen molar-refractivity contribution in [3.8, 4) is 5.75 Å². The largest absolute Gasteiger partial charge is 0.485 e. The SMILES string of the molecule is Cc1ccccc1C1(O)CC(c2ccccc2)Oc2ccccc21. The fraction of sp³-hybridized carbons (Fsp3) is 0.182. The van der Waals surface area contributed by atoms with Crippen LogP contribution in [0.3, 0.4) is 0 Å². The summed E-state index contributed by atoms with van der Waals surface area (Å²) in [6, 6.07) is 26.0. The van der Waals surface area contributed by atoms with E-state index >= 15 is 0 Å². The summed E-state index contributed by atoms with van der Waals surface area (Å²) in [4.78, 5) is 0. The molecule has 0 spiro atoms. The number of hydrogen-bond acceptors (Lipinski definition) is 2. The van der Waals surface area contributed by atoms with Gasteiger partial charge in [0.1, 0.15) is 17.5 Å². The van der Waals surface area contributed by atoms with Gasteiger partial charge in [0.2, 0.25) is 0 Å². The molecule has 2 nitrogen and oxygen atoms in total. The van der Waals surface area contributed by atoms with Crippen LogP contribution in [0.4, 0.5) is 0 Å². The zero-order valence-electron chi connectivity index (χ0n) is 13.6. The molecule has 1 aliphatic rings. The summed E-state index contributed by atoms with van der Waals surface area (Å²) < 4.78 is 6.21. The number of benzene rings is 3. The Kier molecular flexibility index (Phi) is 3.62. The number of fused-ring (bicyclic) bond motifs is 1. The molecule has 0 radical (unpaired) electrons. The van der Waals surface area contributed by atoms with E-state index in [1.54, 1.807) is 0 Å². The third-order valence-corrected chi connectivity index (χ3v) is 4.84. The average Bonchev–Trinajstić information content (AvgIpc) is 2.63. The quantitative estimate of drug-likeness (QED) is 0.739. The Morgan fingerprint density at radius 3 is 2.21 bits per heavy atom. The van der Waals surface area contributed by atoms with Crippen molar-refractivity contribution in [1.82, 2.24) is 0 Å². The maximum absolute atomic E-state index is 11.7. The summed E-state index contributed by atoms with van der Waals surface area (Å²) in [5, 5.41) is 11.7. The minimum absolute atomic E-state index is 0.175. The second-order valence-electron chi connectivity index (χ2n) is 6.39. The van der Waals surface area contributed by atoms with E-state index in [1.807, 2.05) is 73.7 Å². The number of rotatable bonds is 2. The van der Waals surface area contributed by atoms with Gasteiger partial charge in [0.15, 0.2) is 0 Å². The highest BCUT2D eigenvalue weighted by Crippen LogP contribution is 2.48. The molecule has 0 amide bonds. The molecule has 0 aliphatic carbocycles. The van der Waals surface area contributed by atoms with Gasteiger partial charge >= 0.3 is 0 Å². The summed E-state index contributed by atoms with van der Waals surface area (Å²) in [6.45, 7) is 2.04. The van der Waals surface area contributed by atoms with E-state index in [0.717, 1.165) is 28.0 Å². The van der Waals surface area contributed by atoms with Gasteiger partial charge in [-0.1, -0.05) is 72.8 Å². The lowest BCUT2D eigenvalue weighted by Gasteiger charge is -2.40. The smallest absolute Gasteiger partial charge is 0.127 e. The Balaban J connectivity index is 1.88. The van der Waals surface area contributed by atoms with Crippen LogP contribution in [-0.4, -0.2) is 5.11 Å². The Morgan fingerprint density at radius 2 is 1.46 bits per heavy atom. The van der Waals surface area contributed by atoms with Gasteiger partial charge in [-0.25, -0.2) is 0 Å². The number of hydrogen-bond donors (Lipinski definition) is 1. The normalized spacial score (nSPS) is 22.5. The first-order chi connectivity index (χ1) is 11.7. The van der Waals surface area contributed by atoms with Crippen LogP contribution in [0.2, 0.25) is 0 Å². The van der Waals surface area contributed by atoms with Crippen LogP contribution >= 0.6 is 0 Å². The Bertz CT molecular complexity index is 857. The van der Waals surface area contributed by atoms with Crippen LogP contribution in [0.1, 0.15) is 34.8 Å². The van der Waals surface area contributed by atoms with Crippen LogP contribution in [0.15, 0.2) is 78.9 Å². The van der Waals surface area contributed by atoms with Gasteiger partial charge in [-0.2, -0.15) is 0 Å². The highest BCUT2D eigenvalue weighted by atomic mass is 16.5. The van der Waals surface area contributed by atoms with Crippen molar-refractivity contribution in [2.45, 2.75) is 25.0 Å². The van der Waals surface area contributed by atoms with Crippen molar-refractivity contribution in [2.24, 2.45) is 0 Å². The molecule has 2 unspecified atom stereocenters. The van der Waals surface area contributed by atoms with Gasteiger partial charge in [-0.05, 0) is 29.7 Å². The average molecular weight is 316 g/mol. The Hall–Kier alpha value is -2.58. The number of ether oxygens (including phenoxy) is 1. The maximum Gasteiger partial charge on any atom is 0.127 e. The van der Waals surface area contributed by atoms with Crippen LogP contribution in [0.25, 0.3) is 0 Å². The van der Waals surface area contributed by atoms with Crippen LogP contribution in [0.5, 0.6) is 5.75 Å². The monoisotopic (exact) mass is 316 g/mol. The van der Waals surface area contributed by atoms with E-state index in [0.29, 0.717) is 6.42 Å². The van der Waals surface area contributed by atoms with Crippen LogP contribution in [-0.2, 0) is 5.60 Å². The van der Waals surface area contributed by atoms with Gasteiger partial charge in [-0.15, -0.1) is 0 Å². The summed E-state index contributed by atoms with van der Waals surface area (Å²) in [5.74, 6) is 0.753. The van der Waals surface area contributed by atoms with Gasteiger partial charge in [0, 0.05) is 12.0 Å². The molecule has 3 aromatic rings. The summed E-state index contributed by atoms with van der Waals surface area (Å²) in [5.41, 5.74) is 2.90. The fourth-order valence-electron chi connectivity index (χ4n) is 3.63. The van der Waals surface area contributed by atoms with E-state index in [4.69, 9.17) is 4.74 Å². The van der Waals surface area contributed by atoms with Crippen molar-refractivity contribution in [3.05, 3.63) is 101 Å². The topological polar surface area (TPSA) is 29.5 Å². The zero-order chi connectivity index (χ0) is 16.6. The number of para-hydroxylation sites is 1. The molecule has 24 heavy (non-hydrogen) atoms. The van der Waals surface area contributed by atoms with Crippen LogP contribution < -0.4 is 4.74 Å². The van der Waals surface area contributed by atoms with E-state index in [-0.39, 0.29) is 6.10 Å². The molecule has 0 fully saturated rings. The Morgan fingerprint density at radius 1 is 0.833 bits per heavy atom. The molecule has 1 aliphatic heterocycles. The number of aliphatic hydroxyl groups is 1. The highest BCUT2D eigenvalue weighted by molar-refractivity contribution is 5.49. The summed E-state index contributed by atoms with van der Waals surface area (Å²) in [7, 11) is 0. The molecule has 120 valence electrons. The maximum atomic E-state index is 11.7. The van der Waals surface area contributed by atoms with Crippen molar-refractivity contribution >= 4 is 0 Å². The lowest BCUT2D eigenvalue weighted by molar-refractivity contribution is 0.000196. The van der Waals surface area contributed by atoms with E-state index < -0.39 is 5.60 Å². The predicted molar refractivity (Wildman–Crippen MR) is 95.0 cm³/mol. The lowest BCUT2D eigenvalue weighted by atomic mass is 9.77. The first kappa shape index (κ1) is 15.0. The minimum Gasteiger partial charge on any atom is -0.485 e. The first-order valence-electron chi connectivity index (χ1n) is 8.28. The molecular weight excluding hydrogens is 296 g/mol. The minimum atomic E-state index is -1.05. The molecule has 0 bridgehead atoms. The number of aryl methyl sites for hydroxylation is 1. The standard InChI is InChI=1S/C22H20O2/c1-16-9-5-6-12-18(16)22(23)15-21(17-10-3-2-4-11-17)24-20-14-8-7-13-19(20)22/h2-14,21,23H,15H2,1H3. The first-order valence-corrected chi connectivity index (χ1v) is 8.28. The third kappa shape index (κ3) is 2.40. The molecule has 4 rings (SSSR count). The van der Waals surface area contributed by atoms with Crippen LogP contribution in [0, 0.1) is 6.92 Å². The zero-order valence-corrected chi connectivity index (χ0v) is 13.6. The van der Waals surface area contributed by atoms with E-state index in [2.05, 4.69) is 12.1 Å². The summed E-state index contributed by atoms with van der Waals surface area (Å²) >= 11 is 0. The van der Waals surface area contributed by atoms with Gasteiger partial charge in [0.05, 0.1) is 0 Å². The van der Waals surface area contributed by atoms with E-state index in [1.165, 1.54) is 0 Å². The second kappa shape index (κ2) is 5.81. The highest BCUT2D eigenvalue weighted by Gasteiger charge is 2.42. The van der Waals surface area contributed by atoms with Gasteiger partial charge in [0.25, 0.3) is 0 Å².